The second-order valence-corrected chi connectivity index (χ2v) is 6.94. The fourth-order valence-electron chi connectivity index (χ4n) is 3.41. The number of aromatic nitrogens is 2. The molecular formula is C19H21N5O3. The minimum Gasteiger partial charge on any atom is -0.452 e. The number of amides is 2. The van der Waals surface area contributed by atoms with Gasteiger partial charge in [-0.3, -0.25) is 14.7 Å². The van der Waals surface area contributed by atoms with Crippen molar-refractivity contribution in [2.45, 2.75) is 25.8 Å². The van der Waals surface area contributed by atoms with Crippen molar-refractivity contribution < 1.29 is 14.3 Å². The van der Waals surface area contributed by atoms with Gasteiger partial charge in [0, 0.05) is 18.0 Å². The Hall–Kier alpha value is -3.16. The number of ether oxygens (including phenoxy) is 1. The molecule has 1 aliphatic heterocycles. The molecule has 0 spiro atoms. The highest BCUT2D eigenvalue weighted by atomic mass is 16.5. The molecule has 0 radical (unpaired) electrons. The van der Waals surface area contributed by atoms with Crippen molar-refractivity contribution in [3.63, 3.8) is 0 Å². The summed E-state index contributed by atoms with van der Waals surface area (Å²) in [6.07, 6.45) is 4.48. The number of methoxy groups -OCH3 is 1. The van der Waals surface area contributed by atoms with E-state index in [1.54, 1.807) is 16.0 Å². The van der Waals surface area contributed by atoms with E-state index in [4.69, 9.17) is 10.5 Å². The molecule has 8 nitrogen and oxygen atoms in total. The molecule has 2 aliphatic rings. The van der Waals surface area contributed by atoms with Crippen LogP contribution >= 0.6 is 0 Å². The van der Waals surface area contributed by atoms with Crippen LogP contribution in [0.1, 0.15) is 19.8 Å². The van der Waals surface area contributed by atoms with E-state index in [1.165, 1.54) is 13.3 Å². The third-order valence-corrected chi connectivity index (χ3v) is 4.94. The molecule has 1 fully saturated rings. The zero-order valence-corrected chi connectivity index (χ0v) is 15.3. The molecule has 1 saturated carbocycles. The van der Waals surface area contributed by atoms with Crippen molar-refractivity contribution in [3.8, 4) is 11.3 Å². The summed E-state index contributed by atoms with van der Waals surface area (Å²) in [7, 11) is 1.36. The number of anilines is 3. The first kappa shape index (κ1) is 17.3. The molecule has 1 aromatic heterocycles. The maximum Gasteiger partial charge on any atom is 0.414 e. The van der Waals surface area contributed by atoms with Gasteiger partial charge in [-0.1, -0.05) is 6.07 Å². The number of benzene rings is 1. The van der Waals surface area contributed by atoms with E-state index in [-0.39, 0.29) is 17.9 Å². The summed E-state index contributed by atoms with van der Waals surface area (Å²) in [5, 5.41) is 0. The highest BCUT2D eigenvalue weighted by Gasteiger charge is 2.40. The van der Waals surface area contributed by atoms with Crippen molar-refractivity contribution in [1.82, 2.24) is 9.97 Å². The first-order valence-electron chi connectivity index (χ1n) is 8.90. The van der Waals surface area contributed by atoms with Gasteiger partial charge >= 0.3 is 6.09 Å². The summed E-state index contributed by atoms with van der Waals surface area (Å²) in [5.74, 6) is 0.524. The van der Waals surface area contributed by atoms with Crippen molar-refractivity contribution in [3.05, 3.63) is 30.6 Å². The summed E-state index contributed by atoms with van der Waals surface area (Å²) >= 11 is 0. The Morgan fingerprint density at radius 3 is 2.59 bits per heavy atom. The first-order chi connectivity index (χ1) is 13.0. The maximum atomic E-state index is 12.9. The van der Waals surface area contributed by atoms with Gasteiger partial charge in [-0.05, 0) is 31.9 Å². The van der Waals surface area contributed by atoms with Crippen molar-refractivity contribution in [2.24, 2.45) is 5.92 Å². The predicted molar refractivity (Wildman–Crippen MR) is 101 cm³/mol. The lowest BCUT2D eigenvalue weighted by atomic mass is 10.0. The van der Waals surface area contributed by atoms with Gasteiger partial charge in [0.2, 0.25) is 5.91 Å². The zero-order chi connectivity index (χ0) is 19.1. The average Bonchev–Trinajstić information content (AvgIpc) is 3.52. The molecule has 1 aliphatic carbocycles. The van der Waals surface area contributed by atoms with Crippen LogP contribution in [-0.2, 0) is 9.53 Å². The van der Waals surface area contributed by atoms with Crippen LogP contribution in [0.5, 0.6) is 0 Å². The molecule has 0 bridgehead atoms. The van der Waals surface area contributed by atoms with Crippen LogP contribution in [-0.4, -0.2) is 41.7 Å². The van der Waals surface area contributed by atoms with Gasteiger partial charge in [-0.2, -0.15) is 0 Å². The summed E-state index contributed by atoms with van der Waals surface area (Å²) in [6.45, 7) is 2.33. The standard InChI is InChI=1S/C19H21N5O3/c1-11-10-23(18(25)12-3-4-12)16-7-13(14-8-22-17(20)9-21-14)5-6-15(16)24(11)19(26)27-2/h5-9,11-12H,3-4,10H2,1-2H3,(H2,20,22). The van der Waals surface area contributed by atoms with Crippen LogP contribution in [0.2, 0.25) is 0 Å². The van der Waals surface area contributed by atoms with Crippen LogP contribution in [0.25, 0.3) is 11.3 Å². The Labute approximate surface area is 156 Å². The van der Waals surface area contributed by atoms with E-state index in [0.29, 0.717) is 29.4 Å². The highest BCUT2D eigenvalue weighted by Crippen LogP contribution is 2.41. The largest absolute Gasteiger partial charge is 0.452 e. The molecule has 1 aromatic carbocycles. The molecule has 140 valence electrons. The molecule has 2 amide bonds. The lowest BCUT2D eigenvalue weighted by molar-refractivity contribution is -0.119. The molecule has 1 unspecified atom stereocenters. The van der Waals surface area contributed by atoms with Gasteiger partial charge < -0.3 is 15.4 Å². The Morgan fingerprint density at radius 2 is 1.96 bits per heavy atom. The lowest BCUT2D eigenvalue weighted by Crippen LogP contribution is -2.52. The number of nitrogen functional groups attached to an aromatic ring is 1. The van der Waals surface area contributed by atoms with Crippen molar-refractivity contribution in [2.75, 3.05) is 29.2 Å². The molecule has 8 heteroatoms. The average molecular weight is 367 g/mol. The van der Waals surface area contributed by atoms with Gasteiger partial charge in [0.15, 0.2) is 0 Å². The molecule has 2 N–H and O–H groups in total. The summed E-state index contributed by atoms with van der Waals surface area (Å²) in [6, 6.07) is 5.36. The number of carbonyl (C=O) groups is 2. The van der Waals surface area contributed by atoms with Crippen LogP contribution in [0.4, 0.5) is 22.0 Å². The van der Waals surface area contributed by atoms with E-state index in [1.807, 2.05) is 25.1 Å². The predicted octanol–water partition coefficient (Wildman–Crippen LogP) is 2.44. The molecule has 4 rings (SSSR count). The van der Waals surface area contributed by atoms with E-state index in [2.05, 4.69) is 9.97 Å². The van der Waals surface area contributed by atoms with Crippen LogP contribution < -0.4 is 15.5 Å². The normalized spacial score (nSPS) is 18.8. The number of hydrogen-bond acceptors (Lipinski definition) is 6. The SMILES string of the molecule is COC(=O)N1c2ccc(-c3cnc(N)cn3)cc2N(C(=O)C2CC2)CC1C. The van der Waals surface area contributed by atoms with Crippen molar-refractivity contribution >= 4 is 29.2 Å². The van der Waals surface area contributed by atoms with Crippen LogP contribution in [0.3, 0.4) is 0 Å². The van der Waals surface area contributed by atoms with Gasteiger partial charge in [0.25, 0.3) is 0 Å². The molecule has 2 aromatic rings. The highest BCUT2D eigenvalue weighted by molar-refractivity contribution is 6.05. The minimum absolute atomic E-state index is 0.0784. The monoisotopic (exact) mass is 367 g/mol. The van der Waals surface area contributed by atoms with Gasteiger partial charge in [0.1, 0.15) is 5.82 Å². The molecule has 27 heavy (non-hydrogen) atoms. The second-order valence-electron chi connectivity index (χ2n) is 6.94. The summed E-state index contributed by atoms with van der Waals surface area (Å²) < 4.78 is 4.95. The van der Waals surface area contributed by atoms with Gasteiger partial charge in [0.05, 0.1) is 42.6 Å². The molecule has 2 heterocycles. The van der Waals surface area contributed by atoms with Crippen molar-refractivity contribution in [1.29, 1.82) is 0 Å². The maximum absolute atomic E-state index is 12.9. The van der Waals surface area contributed by atoms with E-state index < -0.39 is 6.09 Å². The topological polar surface area (TPSA) is 102 Å². The third-order valence-electron chi connectivity index (χ3n) is 4.94. The fourth-order valence-corrected chi connectivity index (χ4v) is 3.41. The number of hydrogen-bond donors (Lipinski definition) is 1. The molecule has 1 atom stereocenters. The number of carbonyl (C=O) groups excluding carboxylic acids is 2. The zero-order valence-electron chi connectivity index (χ0n) is 15.3. The Bertz CT molecular complexity index is 895. The third kappa shape index (κ3) is 3.07. The van der Waals surface area contributed by atoms with Crippen LogP contribution in [0.15, 0.2) is 30.6 Å². The summed E-state index contributed by atoms with van der Waals surface area (Å²) in [4.78, 5) is 36.9. The fraction of sp³-hybridized carbons (Fsp3) is 0.368. The van der Waals surface area contributed by atoms with E-state index >= 15 is 0 Å². The van der Waals surface area contributed by atoms with Gasteiger partial charge in [-0.15, -0.1) is 0 Å². The van der Waals surface area contributed by atoms with Crippen LogP contribution in [0, 0.1) is 5.92 Å². The van der Waals surface area contributed by atoms with Gasteiger partial charge in [-0.25, -0.2) is 9.78 Å². The van der Waals surface area contributed by atoms with E-state index in [9.17, 15) is 9.59 Å². The first-order valence-corrected chi connectivity index (χ1v) is 8.90. The van der Waals surface area contributed by atoms with E-state index in [0.717, 1.165) is 18.4 Å². The molecular weight excluding hydrogens is 346 g/mol. The quantitative estimate of drug-likeness (QED) is 0.875. The Balaban J connectivity index is 1.81. The summed E-state index contributed by atoms with van der Waals surface area (Å²) in [5.41, 5.74) is 8.40. The Morgan fingerprint density at radius 1 is 1.19 bits per heavy atom. The number of nitrogens with zero attached hydrogens (tertiary/aromatic N) is 4. The Kier molecular flexibility index (Phi) is 4.18. The lowest BCUT2D eigenvalue weighted by Gasteiger charge is -2.40. The minimum atomic E-state index is -0.442. The number of fused-ring (bicyclic) bond motifs is 1. The molecule has 0 saturated heterocycles. The smallest absolute Gasteiger partial charge is 0.414 e. The number of nitrogens with two attached hydrogens (primary N) is 1. The number of rotatable bonds is 2. The second kappa shape index (κ2) is 6.53.